The van der Waals surface area contributed by atoms with Crippen LogP contribution in [0.1, 0.15) is 140 Å². The van der Waals surface area contributed by atoms with Gasteiger partial charge in [-0.05, 0) is 170 Å². The number of unbranched alkanes of at least 4 members (excludes halogenated alkanes) is 3. The van der Waals surface area contributed by atoms with Crippen molar-refractivity contribution in [1.29, 1.82) is 0 Å². The molecule has 50 heteroatoms. The Balaban J connectivity index is 0.000000166. The van der Waals surface area contributed by atoms with E-state index in [2.05, 4.69) is 199 Å². The average molecular weight is 2080 g/mol. The minimum absolute atomic E-state index is 0.151. The monoisotopic (exact) mass is 2080 g/mol. The molecule has 10 aromatic heterocycles. The molecule has 0 saturated carbocycles. The number of fused-ring (bicyclic) bond motifs is 5. The molecule has 0 radical (unpaired) electrons. The van der Waals surface area contributed by atoms with Crippen molar-refractivity contribution in [2.75, 3.05) is 146 Å². The molecule has 138 heavy (non-hydrogen) atoms. The Hall–Kier alpha value is -6.70. The first kappa shape index (κ1) is 112. The number of imidazole rings is 5. The molecule has 768 valence electrons. The number of anilines is 2. The third-order valence-electron chi connectivity index (χ3n) is 23.7. The molecular weight excluding hydrogens is 1940 g/mol. The van der Waals surface area contributed by atoms with Gasteiger partial charge in [0, 0.05) is 38.4 Å². The summed E-state index contributed by atoms with van der Waals surface area (Å²) in [5.74, 6) is 4.50. The SMILES string of the molecule is C=P(C)(C)CC[C@H]1OC(n2c(SCCC)nc3c(=O)[nH]c(C)nc32)[C@H](O)[C@@H]1O.C=P(C)(C)CC[C@H]1OC(n2c(SCCCC)nc3c(=O)[nH]c(C)nc32)[C@H](O)[C@@H]1O.C=P(C)(C)CC[C@H]1OC(n2c(SCCCCC)nc3c(=O)[nH]c(C)nc32)[C@H](O)[C@@H]1O.C=P(C)(C)CC[C@H]1OC(n2cnc3c(=O)[nH]c(N(C)C)nc32)[C@H](O)[C@@H]1O.C=P(C)(C)CC[C@H]1OC(n2cnc3c(=O)[nH]c(NC)nc32)[C@H](O)[C@@H]1O. The molecule has 16 N–H and O–H groups in total. The first-order valence-electron chi connectivity index (χ1n) is 46.2. The second-order valence-electron chi connectivity index (χ2n) is 39.4. The van der Waals surface area contributed by atoms with E-state index in [1.807, 2.05) is 0 Å². The van der Waals surface area contributed by atoms with Crippen LogP contribution in [0.5, 0.6) is 0 Å². The van der Waals surface area contributed by atoms with E-state index >= 15 is 0 Å². The van der Waals surface area contributed by atoms with E-state index in [0.717, 1.165) is 86.6 Å². The highest BCUT2D eigenvalue weighted by Gasteiger charge is 2.50. The van der Waals surface area contributed by atoms with Crippen molar-refractivity contribution in [1.82, 2.24) is 97.6 Å². The van der Waals surface area contributed by atoms with Crippen LogP contribution in [0.4, 0.5) is 11.9 Å². The van der Waals surface area contributed by atoms with Gasteiger partial charge in [0.1, 0.15) is 78.5 Å². The fraction of sp³-hybridized carbons (Fsp3) is 0.659. The summed E-state index contributed by atoms with van der Waals surface area (Å²) in [5.41, 5.74) is 0.926. The zero-order valence-corrected chi connectivity index (χ0v) is 89.3. The zero-order valence-electron chi connectivity index (χ0n) is 82.3. The smallest absolute Gasteiger partial charge is 0.280 e. The Bertz CT molecular complexity index is 6450. The highest BCUT2D eigenvalue weighted by molar-refractivity contribution is 7.99. The van der Waals surface area contributed by atoms with Gasteiger partial charge in [0.05, 0.1) is 43.2 Å². The fourth-order valence-corrected chi connectivity index (χ4v) is 23.9. The van der Waals surface area contributed by atoms with Crippen LogP contribution in [0.15, 0.2) is 52.1 Å². The number of aliphatic hydroxyl groups excluding tert-OH is 10. The van der Waals surface area contributed by atoms with Gasteiger partial charge < -0.3 is 99.9 Å². The standard InChI is InChI=1S/C20H33N4O4PS.C19H31N4O4PS.C18H29N4O4PS.C16H26N5O4P.C15H24N5O4P/c1-6-7-8-11-30-20-23-14-17(21-12(2)22-18(14)27)24(20)19-16(26)15(25)13(28-19)9-10-29(3,4)5;1-6-7-10-29-19-22-13-16(20-11(2)21-17(13)26)23(19)18-15(25)14(24)12(27-18)8-9-28(3,4)5;1-6-9-28-18-21-12-15(19-10(2)20-16(12)25)22(18)17-14(24)13(23)11(26-17)7-8-27(3,4)5;1-20(2)16-18-13-10(14(24)19-16)17-8-21(13)15-12(23)11(22)9(25-15)6-7-26(3,4)5;1-16-15-18-12-9(13(23)19-15)17-7-20(12)14-11(22)10(21)8(24-14)5-6-25(2,3)4/h13,15-16,19,25-26H,3,6-11H2,1-2,4-5H3,(H,21,22,27);12,14-15,18,24-25H,3,6-10H2,1-2,4-5H3,(H,20,21,26);11,13-14,17,23-24H,3,6-9H2,1-2,4-5H3,(H,19,20,25);8-9,11-12,15,22-23H,3,6-7H2,1-2,4-5H3,(H,18,19,24);7-8,10-11,14,21-22H,2,5-6H2,1,3-4H3,(H2,16,18,19,23)/t13-,15-,16-,19?;12-,14-,15-,18?;11-,13-,14-,17?;9-,11-,12-,15?;8-,10-,11-,14?/m11111/s1. The van der Waals surface area contributed by atoms with Crippen LogP contribution in [-0.4, -0.2) is 408 Å². The van der Waals surface area contributed by atoms with Crippen LogP contribution in [0.25, 0.3) is 55.8 Å². The minimum atomic E-state index is -1.28. The van der Waals surface area contributed by atoms with Crippen LogP contribution >= 0.6 is 69.7 Å². The number of hydrogen-bond acceptors (Lipinski definition) is 35. The molecule has 5 saturated heterocycles. The van der Waals surface area contributed by atoms with E-state index < -0.39 is 157 Å². The summed E-state index contributed by atoms with van der Waals surface area (Å²) in [4.78, 5) is 120. The molecule has 15 rings (SSSR count). The van der Waals surface area contributed by atoms with Gasteiger partial charge in [-0.1, -0.05) is 75.3 Å². The molecule has 20 atom stereocenters. The average Bonchev–Trinajstić information content (AvgIpc) is 1.78. The second kappa shape index (κ2) is 47.0. The molecule has 5 aliphatic heterocycles. The van der Waals surface area contributed by atoms with Crippen molar-refractivity contribution in [3.63, 3.8) is 0 Å². The van der Waals surface area contributed by atoms with E-state index in [0.29, 0.717) is 93.6 Å². The molecule has 15 heterocycles. The Morgan fingerprint density at radius 3 is 0.942 bits per heavy atom. The van der Waals surface area contributed by atoms with Gasteiger partial charge in [0.2, 0.25) is 11.9 Å². The molecule has 10 aromatic rings. The number of H-pyrrole nitrogens is 5. The lowest BCUT2D eigenvalue weighted by molar-refractivity contribution is -0.0400. The number of aromatic nitrogens is 20. The zero-order chi connectivity index (χ0) is 102. The van der Waals surface area contributed by atoms with Crippen molar-refractivity contribution in [2.24, 2.45) is 0 Å². The predicted molar refractivity (Wildman–Crippen MR) is 562 cm³/mol. The molecule has 0 spiro atoms. The largest absolute Gasteiger partial charge is 0.388 e. The molecule has 5 unspecified atom stereocenters. The van der Waals surface area contributed by atoms with Crippen LogP contribution in [0.3, 0.4) is 0 Å². The minimum Gasteiger partial charge on any atom is -0.388 e. The van der Waals surface area contributed by atoms with Crippen molar-refractivity contribution in [3.8, 4) is 0 Å². The summed E-state index contributed by atoms with van der Waals surface area (Å²) in [6.45, 7) is 26.3. The lowest BCUT2D eigenvalue weighted by Crippen LogP contribution is -2.32. The van der Waals surface area contributed by atoms with Gasteiger partial charge in [-0.25, -0.2) is 39.9 Å². The Kier molecular flexibility index (Phi) is 38.0. The maximum atomic E-state index is 12.4. The van der Waals surface area contributed by atoms with Crippen LogP contribution in [0, 0.1) is 20.8 Å². The molecule has 42 nitrogen and oxygen atoms in total. The molecule has 5 aliphatic rings. The van der Waals surface area contributed by atoms with Gasteiger partial charge in [0.25, 0.3) is 27.8 Å². The molecule has 0 bridgehead atoms. The number of aliphatic hydroxyl groups is 10. The van der Waals surface area contributed by atoms with Crippen molar-refractivity contribution in [3.05, 3.63) is 81.9 Å². The number of ether oxygens (including phenoxy) is 5. The number of nitrogens with one attached hydrogen (secondary N) is 6. The summed E-state index contributed by atoms with van der Waals surface area (Å²) >= 11 is 4.50. The number of hydrogen-bond donors (Lipinski definition) is 16. The summed E-state index contributed by atoms with van der Waals surface area (Å²) in [6.07, 6.45) is 19.9. The topological polar surface area (TPSA) is 582 Å². The number of aromatic amines is 5. The van der Waals surface area contributed by atoms with Gasteiger partial charge in [0.15, 0.2) is 102 Å². The Morgan fingerprint density at radius 2 is 0.645 bits per heavy atom. The first-order chi connectivity index (χ1) is 64.6. The summed E-state index contributed by atoms with van der Waals surface area (Å²) in [5, 5.41) is 110. The molecule has 0 aromatic carbocycles. The summed E-state index contributed by atoms with van der Waals surface area (Å²) in [6, 6.07) is 0. The fourth-order valence-electron chi connectivity index (χ4n) is 16.1. The predicted octanol–water partition coefficient (Wildman–Crippen LogP) is 5.90. The Morgan fingerprint density at radius 1 is 0.362 bits per heavy atom. The summed E-state index contributed by atoms with van der Waals surface area (Å²) in [7, 11) is 5.15. The number of thioether (sulfide) groups is 3. The lowest BCUT2D eigenvalue weighted by atomic mass is 10.1. The van der Waals surface area contributed by atoms with Gasteiger partial charge in [-0.2, -0.15) is 9.97 Å². The summed E-state index contributed by atoms with van der Waals surface area (Å²) < 4.78 is 38.2. The third-order valence-corrected chi connectivity index (χ3v) is 34.2. The van der Waals surface area contributed by atoms with Crippen LogP contribution < -0.4 is 38.0 Å². The molecular formula is C88H143N22O20P5S3. The van der Waals surface area contributed by atoms with Crippen LogP contribution in [-0.2, 0) is 23.7 Å². The first-order valence-corrected chi connectivity index (χ1v) is 64.5. The van der Waals surface area contributed by atoms with Crippen molar-refractivity contribution >= 4 is 169 Å². The van der Waals surface area contributed by atoms with Crippen molar-refractivity contribution in [2.45, 2.75) is 250 Å². The highest BCUT2D eigenvalue weighted by Crippen LogP contribution is 2.47. The molecule has 0 aliphatic carbocycles. The third kappa shape index (κ3) is 27.5. The highest BCUT2D eigenvalue weighted by atomic mass is 32.2. The molecule has 0 amide bonds. The van der Waals surface area contributed by atoms with E-state index in [1.54, 1.807) is 60.5 Å². The van der Waals surface area contributed by atoms with Gasteiger partial charge >= 0.3 is 0 Å². The lowest BCUT2D eigenvalue weighted by Gasteiger charge is -2.20. The van der Waals surface area contributed by atoms with E-state index in [1.165, 1.54) is 57.1 Å². The normalized spacial score (nSPS) is 25.8. The quantitative estimate of drug-likeness (QED) is 0.0127. The maximum Gasteiger partial charge on any atom is 0.280 e. The number of nitrogens with zero attached hydrogens (tertiary/aromatic N) is 16. The van der Waals surface area contributed by atoms with Crippen LogP contribution in [0.2, 0.25) is 0 Å². The van der Waals surface area contributed by atoms with E-state index in [9.17, 15) is 75.0 Å². The van der Waals surface area contributed by atoms with E-state index in [4.69, 9.17) is 23.7 Å². The molecule has 5 fully saturated rings. The Labute approximate surface area is 814 Å². The van der Waals surface area contributed by atoms with Crippen molar-refractivity contribution < 1.29 is 74.7 Å². The van der Waals surface area contributed by atoms with E-state index in [-0.39, 0.29) is 67.0 Å². The number of rotatable bonds is 34. The van der Waals surface area contributed by atoms with Gasteiger partial charge in [-0.15, -0.1) is 65.9 Å². The second-order valence-corrected chi connectivity index (χ2v) is 64.2. The number of aryl methyl sites for hydroxylation is 3. The maximum absolute atomic E-state index is 12.4. The van der Waals surface area contributed by atoms with Gasteiger partial charge in [-0.3, -0.25) is 56.8 Å².